The van der Waals surface area contributed by atoms with E-state index in [0.29, 0.717) is 5.92 Å². The van der Waals surface area contributed by atoms with E-state index < -0.39 is 0 Å². The standard InChI is InChI=1S/C15H19N3O/c19-15-14-4-3-13(8-12(14)5-7-17-15)18-10-11-2-1-6-16-9-11/h3-5,7-8,11,16,18H,1-2,6,9-10H2,(H,17,19). The van der Waals surface area contributed by atoms with Gasteiger partial charge in [-0.3, -0.25) is 4.79 Å². The number of aromatic amines is 1. The fraction of sp³-hybridized carbons (Fsp3) is 0.400. The SMILES string of the molecule is O=c1[nH]ccc2cc(NCC3CCCNC3)ccc12. The van der Waals surface area contributed by atoms with Crippen molar-refractivity contribution < 1.29 is 0 Å². The molecule has 4 nitrogen and oxygen atoms in total. The zero-order valence-electron chi connectivity index (χ0n) is 10.9. The van der Waals surface area contributed by atoms with Gasteiger partial charge in [-0.15, -0.1) is 0 Å². The molecule has 3 rings (SSSR count). The third-order valence-corrected chi connectivity index (χ3v) is 3.77. The molecule has 1 atom stereocenters. The van der Waals surface area contributed by atoms with Gasteiger partial charge in [0.15, 0.2) is 0 Å². The molecule has 1 aromatic carbocycles. The van der Waals surface area contributed by atoms with Crippen LogP contribution in [0.1, 0.15) is 12.8 Å². The number of rotatable bonds is 3. The van der Waals surface area contributed by atoms with Crippen molar-refractivity contribution in [2.45, 2.75) is 12.8 Å². The fourth-order valence-corrected chi connectivity index (χ4v) is 2.66. The van der Waals surface area contributed by atoms with Gasteiger partial charge in [0.2, 0.25) is 0 Å². The van der Waals surface area contributed by atoms with Gasteiger partial charge in [0.1, 0.15) is 0 Å². The number of benzene rings is 1. The summed E-state index contributed by atoms with van der Waals surface area (Å²) in [4.78, 5) is 14.3. The second kappa shape index (κ2) is 5.45. The van der Waals surface area contributed by atoms with Crippen molar-refractivity contribution in [1.82, 2.24) is 10.3 Å². The summed E-state index contributed by atoms with van der Waals surface area (Å²) in [6.45, 7) is 3.23. The summed E-state index contributed by atoms with van der Waals surface area (Å²) in [5.74, 6) is 0.698. The first kappa shape index (κ1) is 12.2. The Hall–Kier alpha value is -1.81. The van der Waals surface area contributed by atoms with Crippen LogP contribution in [0.15, 0.2) is 35.3 Å². The van der Waals surface area contributed by atoms with Crippen LogP contribution in [-0.2, 0) is 0 Å². The minimum atomic E-state index is -0.0273. The molecular formula is C15H19N3O. The fourth-order valence-electron chi connectivity index (χ4n) is 2.66. The van der Waals surface area contributed by atoms with Crippen molar-refractivity contribution in [3.05, 3.63) is 40.8 Å². The van der Waals surface area contributed by atoms with Crippen molar-refractivity contribution in [2.75, 3.05) is 25.0 Å². The quantitative estimate of drug-likeness (QED) is 0.787. The highest BCUT2D eigenvalue weighted by molar-refractivity contribution is 5.84. The van der Waals surface area contributed by atoms with Crippen molar-refractivity contribution in [1.29, 1.82) is 0 Å². The van der Waals surface area contributed by atoms with Crippen molar-refractivity contribution in [3.8, 4) is 0 Å². The first-order valence-corrected chi connectivity index (χ1v) is 6.89. The monoisotopic (exact) mass is 257 g/mol. The molecule has 3 N–H and O–H groups in total. The van der Waals surface area contributed by atoms with Crippen LogP contribution < -0.4 is 16.2 Å². The minimum Gasteiger partial charge on any atom is -0.385 e. The number of H-pyrrole nitrogens is 1. The Morgan fingerprint density at radius 1 is 1.32 bits per heavy atom. The summed E-state index contributed by atoms with van der Waals surface area (Å²) in [5, 5.41) is 8.62. The lowest BCUT2D eigenvalue weighted by Crippen LogP contribution is -2.33. The molecule has 1 saturated heterocycles. The van der Waals surface area contributed by atoms with E-state index in [-0.39, 0.29) is 5.56 Å². The van der Waals surface area contributed by atoms with E-state index in [1.165, 1.54) is 12.8 Å². The summed E-state index contributed by atoms with van der Waals surface area (Å²) < 4.78 is 0. The van der Waals surface area contributed by atoms with Gasteiger partial charge in [-0.2, -0.15) is 0 Å². The molecule has 1 unspecified atom stereocenters. The maximum Gasteiger partial charge on any atom is 0.255 e. The molecule has 1 aliphatic heterocycles. The molecule has 100 valence electrons. The molecule has 1 aromatic heterocycles. The second-order valence-corrected chi connectivity index (χ2v) is 5.20. The van der Waals surface area contributed by atoms with Gasteiger partial charge < -0.3 is 15.6 Å². The third-order valence-electron chi connectivity index (χ3n) is 3.77. The second-order valence-electron chi connectivity index (χ2n) is 5.20. The predicted octanol–water partition coefficient (Wildman–Crippen LogP) is 1.94. The maximum absolute atomic E-state index is 11.6. The third kappa shape index (κ3) is 2.79. The van der Waals surface area contributed by atoms with E-state index in [1.807, 2.05) is 24.3 Å². The van der Waals surface area contributed by atoms with Crippen LogP contribution in [-0.4, -0.2) is 24.6 Å². The highest BCUT2D eigenvalue weighted by Gasteiger charge is 2.12. The summed E-state index contributed by atoms with van der Waals surface area (Å²) in [6.07, 6.45) is 4.24. The van der Waals surface area contributed by atoms with Gasteiger partial charge in [-0.1, -0.05) is 0 Å². The van der Waals surface area contributed by atoms with Gasteiger partial charge in [0.25, 0.3) is 5.56 Å². The molecule has 0 amide bonds. The van der Waals surface area contributed by atoms with Crippen LogP contribution in [0.25, 0.3) is 10.8 Å². The topological polar surface area (TPSA) is 56.9 Å². The van der Waals surface area contributed by atoms with Crippen molar-refractivity contribution >= 4 is 16.5 Å². The molecule has 1 fully saturated rings. The van der Waals surface area contributed by atoms with E-state index in [9.17, 15) is 4.79 Å². The number of hydrogen-bond acceptors (Lipinski definition) is 3. The average molecular weight is 257 g/mol. The van der Waals surface area contributed by atoms with E-state index in [2.05, 4.69) is 15.6 Å². The Morgan fingerprint density at radius 2 is 2.26 bits per heavy atom. The first-order valence-electron chi connectivity index (χ1n) is 6.89. The summed E-state index contributed by atoms with van der Waals surface area (Å²) in [6, 6.07) is 7.84. The molecule has 2 heterocycles. The Kier molecular flexibility index (Phi) is 3.51. The smallest absolute Gasteiger partial charge is 0.255 e. The summed E-state index contributed by atoms with van der Waals surface area (Å²) >= 11 is 0. The van der Waals surface area contributed by atoms with Gasteiger partial charge in [0, 0.05) is 23.8 Å². The van der Waals surface area contributed by atoms with Gasteiger partial charge in [0.05, 0.1) is 0 Å². The van der Waals surface area contributed by atoms with E-state index >= 15 is 0 Å². The average Bonchev–Trinajstić information content (AvgIpc) is 2.46. The minimum absolute atomic E-state index is 0.0273. The zero-order chi connectivity index (χ0) is 13.1. The molecular weight excluding hydrogens is 238 g/mol. The molecule has 0 bridgehead atoms. The number of aromatic nitrogens is 1. The van der Waals surface area contributed by atoms with Crippen LogP contribution in [0.2, 0.25) is 0 Å². The lowest BCUT2D eigenvalue weighted by Gasteiger charge is -2.23. The zero-order valence-corrected chi connectivity index (χ0v) is 10.9. The van der Waals surface area contributed by atoms with E-state index in [1.54, 1.807) is 6.20 Å². The number of nitrogens with one attached hydrogen (secondary N) is 3. The Bertz CT molecular complexity index is 614. The Morgan fingerprint density at radius 3 is 3.11 bits per heavy atom. The number of piperidine rings is 1. The van der Waals surface area contributed by atoms with Crippen LogP contribution in [0.3, 0.4) is 0 Å². The molecule has 4 heteroatoms. The highest BCUT2D eigenvalue weighted by atomic mass is 16.1. The Balaban J connectivity index is 1.72. The normalized spacial score (nSPS) is 19.5. The maximum atomic E-state index is 11.6. The van der Waals surface area contributed by atoms with Gasteiger partial charge in [-0.05, 0) is 61.5 Å². The number of pyridine rings is 1. The van der Waals surface area contributed by atoms with Crippen LogP contribution in [0.4, 0.5) is 5.69 Å². The van der Waals surface area contributed by atoms with Crippen molar-refractivity contribution in [2.24, 2.45) is 5.92 Å². The Labute approximate surface area is 112 Å². The molecule has 2 aromatic rings. The highest BCUT2D eigenvalue weighted by Crippen LogP contribution is 2.17. The molecule has 19 heavy (non-hydrogen) atoms. The van der Waals surface area contributed by atoms with Gasteiger partial charge >= 0.3 is 0 Å². The predicted molar refractivity (Wildman–Crippen MR) is 78.7 cm³/mol. The molecule has 0 spiro atoms. The lowest BCUT2D eigenvalue weighted by molar-refractivity contribution is 0.393. The summed E-state index contributed by atoms with van der Waals surface area (Å²) in [5.41, 5.74) is 1.06. The summed E-state index contributed by atoms with van der Waals surface area (Å²) in [7, 11) is 0. The lowest BCUT2D eigenvalue weighted by atomic mass is 9.99. The number of hydrogen-bond donors (Lipinski definition) is 3. The first-order chi connectivity index (χ1) is 9.33. The van der Waals surface area contributed by atoms with Crippen LogP contribution >= 0.6 is 0 Å². The number of fused-ring (bicyclic) bond motifs is 1. The van der Waals surface area contributed by atoms with E-state index in [0.717, 1.165) is 36.1 Å². The largest absolute Gasteiger partial charge is 0.385 e. The van der Waals surface area contributed by atoms with E-state index in [4.69, 9.17) is 0 Å². The van der Waals surface area contributed by atoms with Crippen LogP contribution in [0.5, 0.6) is 0 Å². The molecule has 0 radical (unpaired) electrons. The number of anilines is 1. The van der Waals surface area contributed by atoms with Crippen molar-refractivity contribution in [3.63, 3.8) is 0 Å². The molecule has 1 aliphatic rings. The molecule has 0 aliphatic carbocycles. The van der Waals surface area contributed by atoms with Gasteiger partial charge in [-0.25, -0.2) is 0 Å². The molecule has 0 saturated carbocycles. The van der Waals surface area contributed by atoms with Crippen LogP contribution in [0, 0.1) is 5.92 Å².